The third-order valence-electron chi connectivity index (χ3n) is 1.84. The number of anilines is 3. The van der Waals surface area contributed by atoms with Crippen LogP contribution in [0.25, 0.3) is 0 Å². The van der Waals surface area contributed by atoms with Crippen LogP contribution in [0.15, 0.2) is 4.79 Å². The van der Waals surface area contributed by atoms with Crippen LogP contribution in [0.2, 0.25) is 0 Å². The molecule has 13 heavy (non-hydrogen) atoms. The molecule has 0 amide bonds. The van der Waals surface area contributed by atoms with Crippen molar-refractivity contribution in [2.45, 2.75) is 0 Å². The molecule has 0 spiro atoms. The first-order valence-corrected chi connectivity index (χ1v) is 3.72. The molecule has 0 aromatic carbocycles. The van der Waals surface area contributed by atoms with Gasteiger partial charge in [-0.25, -0.2) is 0 Å². The van der Waals surface area contributed by atoms with Crippen LogP contribution in [0.3, 0.4) is 0 Å². The van der Waals surface area contributed by atoms with E-state index in [4.69, 9.17) is 10.8 Å². The summed E-state index contributed by atoms with van der Waals surface area (Å²) in [5, 5.41) is 11.7. The highest BCUT2D eigenvalue weighted by molar-refractivity contribution is 5.70. The van der Waals surface area contributed by atoms with Gasteiger partial charge in [0.25, 0.3) is 5.56 Å². The Morgan fingerprint density at radius 1 is 1.69 bits per heavy atom. The van der Waals surface area contributed by atoms with E-state index in [9.17, 15) is 4.79 Å². The maximum atomic E-state index is 11.2. The van der Waals surface area contributed by atoms with Gasteiger partial charge in [-0.1, -0.05) is 0 Å². The molecule has 0 saturated carbocycles. The number of H-pyrrole nitrogens is 1. The lowest BCUT2D eigenvalue weighted by Gasteiger charge is -2.11. The van der Waals surface area contributed by atoms with E-state index in [0.29, 0.717) is 18.2 Å². The first-order chi connectivity index (χ1) is 6.22. The molecule has 7 nitrogen and oxygen atoms in total. The number of aromatic nitrogens is 2. The highest BCUT2D eigenvalue weighted by atomic mass is 16.3. The number of hydrogen-bond donors (Lipinski definition) is 4. The van der Waals surface area contributed by atoms with Crippen molar-refractivity contribution in [1.29, 1.82) is 0 Å². The van der Waals surface area contributed by atoms with Crippen LogP contribution in [-0.2, 0) is 0 Å². The quantitative estimate of drug-likeness (QED) is 0.421. The van der Waals surface area contributed by atoms with Gasteiger partial charge in [0, 0.05) is 0 Å². The van der Waals surface area contributed by atoms with E-state index in [0.717, 1.165) is 0 Å². The van der Waals surface area contributed by atoms with Crippen molar-refractivity contribution in [1.82, 2.24) is 9.97 Å². The number of hydrogen-bond acceptors (Lipinski definition) is 6. The van der Waals surface area contributed by atoms with Crippen molar-refractivity contribution in [3.63, 3.8) is 0 Å². The van der Waals surface area contributed by atoms with Gasteiger partial charge in [-0.15, -0.1) is 0 Å². The zero-order chi connectivity index (χ0) is 9.42. The van der Waals surface area contributed by atoms with Crippen LogP contribution in [0, 0.1) is 0 Å². The predicted molar refractivity (Wildman–Crippen MR) is 47.3 cm³/mol. The zero-order valence-electron chi connectivity index (χ0n) is 6.74. The summed E-state index contributed by atoms with van der Waals surface area (Å²) < 4.78 is 0. The Hall–Kier alpha value is -1.76. The average Bonchev–Trinajstić information content (AvgIpc) is 2.47. The molecule has 0 atom stereocenters. The van der Waals surface area contributed by atoms with E-state index < -0.39 is 0 Å². The van der Waals surface area contributed by atoms with E-state index in [2.05, 4.69) is 15.3 Å². The molecule has 0 aliphatic carbocycles. The highest BCUT2D eigenvalue weighted by Crippen LogP contribution is 2.24. The smallest absolute Gasteiger partial charge is 0.277 e. The van der Waals surface area contributed by atoms with Crippen molar-refractivity contribution in [3.8, 4) is 0 Å². The fourth-order valence-corrected chi connectivity index (χ4v) is 1.23. The zero-order valence-corrected chi connectivity index (χ0v) is 6.74. The van der Waals surface area contributed by atoms with Crippen molar-refractivity contribution >= 4 is 17.5 Å². The van der Waals surface area contributed by atoms with Crippen molar-refractivity contribution in [2.24, 2.45) is 0 Å². The fourth-order valence-electron chi connectivity index (χ4n) is 1.23. The molecule has 0 radical (unpaired) electrons. The van der Waals surface area contributed by atoms with Gasteiger partial charge in [0.1, 0.15) is 12.4 Å². The van der Waals surface area contributed by atoms with E-state index in [1.807, 2.05) is 0 Å². The van der Waals surface area contributed by atoms with Crippen LogP contribution >= 0.6 is 0 Å². The number of aromatic amines is 1. The third-order valence-corrected chi connectivity index (χ3v) is 1.84. The molecule has 0 unspecified atom stereocenters. The minimum Gasteiger partial charge on any atom is -0.376 e. The first-order valence-electron chi connectivity index (χ1n) is 3.72. The maximum Gasteiger partial charge on any atom is 0.277 e. The van der Waals surface area contributed by atoms with Gasteiger partial charge in [-0.2, -0.15) is 4.98 Å². The van der Waals surface area contributed by atoms with Crippen LogP contribution in [-0.4, -0.2) is 28.5 Å². The molecule has 0 bridgehead atoms. The van der Waals surface area contributed by atoms with Crippen LogP contribution in [0.4, 0.5) is 17.5 Å². The van der Waals surface area contributed by atoms with E-state index in [-0.39, 0.29) is 18.2 Å². The minimum atomic E-state index is -0.321. The Bertz CT molecular complexity index is 387. The number of fused-ring (bicyclic) bond motifs is 1. The van der Waals surface area contributed by atoms with Gasteiger partial charge in [0.05, 0.1) is 6.67 Å². The summed E-state index contributed by atoms with van der Waals surface area (Å²) in [6.45, 7) is 0.168. The number of nitrogens with two attached hydrogens (primary N) is 1. The number of aliphatic hydroxyl groups excluding tert-OH is 1. The Morgan fingerprint density at radius 2 is 2.46 bits per heavy atom. The molecule has 70 valence electrons. The van der Waals surface area contributed by atoms with E-state index in [1.165, 1.54) is 4.90 Å². The van der Waals surface area contributed by atoms with E-state index >= 15 is 0 Å². The molecule has 0 saturated heterocycles. The van der Waals surface area contributed by atoms with Gasteiger partial charge in [-0.05, 0) is 0 Å². The lowest BCUT2D eigenvalue weighted by atomic mass is 10.5. The highest BCUT2D eigenvalue weighted by Gasteiger charge is 2.22. The summed E-state index contributed by atoms with van der Waals surface area (Å²) in [4.78, 5) is 19.0. The molecular weight excluding hydrogens is 174 g/mol. The monoisotopic (exact) mass is 183 g/mol. The van der Waals surface area contributed by atoms with Gasteiger partial charge in [0.2, 0.25) is 5.95 Å². The second-order valence-corrected chi connectivity index (χ2v) is 2.67. The summed E-state index contributed by atoms with van der Waals surface area (Å²) in [5.41, 5.74) is 5.38. The Kier molecular flexibility index (Phi) is 1.59. The minimum absolute atomic E-state index is 0.0471. The van der Waals surface area contributed by atoms with Crippen LogP contribution in [0.1, 0.15) is 0 Å². The standard InChI is InChI=1S/C6H9N5O2/c7-6-9-4-3(5(13)10-6)8-1-11(4)2-12/h8,12H,1-2H2,(H3,7,9,10,13). The Morgan fingerprint density at radius 3 is 3.15 bits per heavy atom. The predicted octanol–water partition coefficient (Wildman–Crippen LogP) is -1.51. The fraction of sp³-hybridized carbons (Fsp3) is 0.333. The number of nitrogens with one attached hydrogen (secondary N) is 2. The third kappa shape index (κ3) is 1.09. The second kappa shape index (κ2) is 2.63. The second-order valence-electron chi connectivity index (χ2n) is 2.67. The van der Waals surface area contributed by atoms with Gasteiger partial charge in [0.15, 0.2) is 5.82 Å². The Balaban J connectivity index is 2.58. The molecule has 2 heterocycles. The summed E-state index contributed by atoms with van der Waals surface area (Å²) in [5.74, 6) is 0.439. The van der Waals surface area contributed by atoms with Gasteiger partial charge in [-0.3, -0.25) is 9.78 Å². The molecule has 1 aromatic heterocycles. The summed E-state index contributed by atoms with van der Waals surface area (Å²) in [7, 11) is 0. The van der Waals surface area contributed by atoms with Gasteiger partial charge < -0.3 is 21.1 Å². The molecule has 1 aromatic rings. The van der Waals surface area contributed by atoms with Crippen LogP contribution < -0.4 is 21.5 Å². The van der Waals surface area contributed by atoms with E-state index in [1.54, 1.807) is 0 Å². The lowest BCUT2D eigenvalue weighted by Crippen LogP contribution is -2.24. The molecular formula is C6H9N5O2. The average molecular weight is 183 g/mol. The number of aliphatic hydroxyl groups is 1. The molecule has 7 heteroatoms. The summed E-state index contributed by atoms with van der Waals surface area (Å²) >= 11 is 0. The number of rotatable bonds is 1. The van der Waals surface area contributed by atoms with Crippen LogP contribution in [0.5, 0.6) is 0 Å². The molecule has 1 aliphatic heterocycles. The first kappa shape index (κ1) is 7.87. The Labute approximate surface area is 73.2 Å². The number of nitrogens with zero attached hydrogens (tertiary/aromatic N) is 2. The lowest BCUT2D eigenvalue weighted by molar-refractivity contribution is 0.294. The topological polar surface area (TPSA) is 107 Å². The van der Waals surface area contributed by atoms with Crippen molar-refractivity contribution in [2.75, 3.05) is 29.3 Å². The molecule has 1 aliphatic rings. The molecule has 2 rings (SSSR count). The maximum absolute atomic E-state index is 11.2. The van der Waals surface area contributed by atoms with Crippen molar-refractivity contribution < 1.29 is 5.11 Å². The van der Waals surface area contributed by atoms with Gasteiger partial charge >= 0.3 is 0 Å². The SMILES string of the molecule is Nc1nc2c(c(=O)[nH]1)NCN2CO. The summed E-state index contributed by atoms with van der Waals surface area (Å²) in [6, 6.07) is 0. The number of nitrogen functional groups attached to an aromatic ring is 1. The molecule has 5 N–H and O–H groups in total. The van der Waals surface area contributed by atoms with Crippen molar-refractivity contribution in [3.05, 3.63) is 10.4 Å². The largest absolute Gasteiger partial charge is 0.376 e. The molecule has 0 fully saturated rings. The summed E-state index contributed by atoms with van der Waals surface area (Å²) in [6.07, 6.45) is 0. The normalized spacial score (nSPS) is 14.1.